The van der Waals surface area contributed by atoms with E-state index in [4.69, 9.17) is 20.3 Å². The summed E-state index contributed by atoms with van der Waals surface area (Å²) in [6.45, 7) is 8.88. The molecule has 1 saturated heterocycles. The number of rotatable bonds is 7. The van der Waals surface area contributed by atoms with Gasteiger partial charge in [0.1, 0.15) is 23.6 Å². The number of benzene rings is 1. The van der Waals surface area contributed by atoms with E-state index in [1.54, 1.807) is 13.2 Å². The summed E-state index contributed by atoms with van der Waals surface area (Å²) >= 11 is 0. The Bertz CT molecular complexity index is 1290. The Morgan fingerprint density at radius 2 is 1.82 bits per heavy atom. The number of amides is 1. The highest BCUT2D eigenvalue weighted by molar-refractivity contribution is 5.99. The summed E-state index contributed by atoms with van der Waals surface area (Å²) in [5.74, 6) is 1.14. The molecular weight excluding hydrogens is 496 g/mol. The van der Waals surface area contributed by atoms with E-state index in [1.165, 1.54) is 6.33 Å². The summed E-state index contributed by atoms with van der Waals surface area (Å²) in [7, 11) is 3.76. The van der Waals surface area contributed by atoms with Gasteiger partial charge in [-0.15, -0.1) is 0 Å². The van der Waals surface area contributed by atoms with Gasteiger partial charge in [-0.1, -0.05) is 19.9 Å². The minimum absolute atomic E-state index is 0.248. The molecule has 2 aliphatic rings. The van der Waals surface area contributed by atoms with Gasteiger partial charge in [0.25, 0.3) is 0 Å². The zero-order valence-corrected chi connectivity index (χ0v) is 23.4. The first-order chi connectivity index (χ1) is 18.8. The van der Waals surface area contributed by atoms with Gasteiger partial charge in [-0.3, -0.25) is 10.2 Å². The molecule has 0 bridgehead atoms. The minimum atomic E-state index is -0.519. The molecule has 11 nitrogen and oxygen atoms in total. The van der Waals surface area contributed by atoms with Crippen molar-refractivity contribution in [2.45, 2.75) is 51.6 Å². The number of carbonyl (C=O) groups is 1. The van der Waals surface area contributed by atoms with Crippen LogP contribution < -0.4 is 15.8 Å². The topological polar surface area (TPSA) is 124 Å². The maximum Gasteiger partial charge on any atom is 0.411 e. The quantitative estimate of drug-likeness (QED) is 0.461. The summed E-state index contributed by atoms with van der Waals surface area (Å²) in [6.07, 6.45) is 5.36. The lowest BCUT2D eigenvalue weighted by Crippen LogP contribution is -2.49. The van der Waals surface area contributed by atoms with Crippen molar-refractivity contribution >= 4 is 28.6 Å². The zero-order chi connectivity index (χ0) is 27.5. The number of anilines is 2. The first-order valence-electron chi connectivity index (χ1n) is 13.9. The van der Waals surface area contributed by atoms with E-state index < -0.39 is 6.09 Å². The van der Waals surface area contributed by atoms with Crippen molar-refractivity contribution in [3.8, 4) is 17.0 Å². The van der Waals surface area contributed by atoms with Crippen LogP contribution in [-0.2, 0) is 4.74 Å². The van der Waals surface area contributed by atoms with E-state index >= 15 is 0 Å². The average molecular weight is 537 g/mol. The highest BCUT2D eigenvalue weighted by Gasteiger charge is 2.31. The molecule has 1 amide bonds. The summed E-state index contributed by atoms with van der Waals surface area (Å²) in [4.78, 5) is 26.2. The molecule has 0 unspecified atom stereocenters. The van der Waals surface area contributed by atoms with Crippen LogP contribution in [0.25, 0.3) is 22.3 Å². The summed E-state index contributed by atoms with van der Waals surface area (Å²) in [5.41, 5.74) is 9.15. The summed E-state index contributed by atoms with van der Waals surface area (Å²) in [5, 5.41) is 8.55. The molecule has 0 radical (unpaired) electrons. The van der Waals surface area contributed by atoms with Crippen LogP contribution in [0.3, 0.4) is 0 Å². The van der Waals surface area contributed by atoms with Crippen LogP contribution in [0.1, 0.15) is 45.6 Å². The molecule has 0 atom stereocenters. The van der Waals surface area contributed by atoms with Crippen molar-refractivity contribution in [3.63, 3.8) is 0 Å². The summed E-state index contributed by atoms with van der Waals surface area (Å²) in [6, 6.07) is 6.41. The lowest BCUT2D eigenvalue weighted by molar-refractivity contribution is 0.0815. The third-order valence-corrected chi connectivity index (χ3v) is 7.84. The molecule has 210 valence electrons. The molecule has 1 aliphatic carbocycles. The molecule has 5 rings (SSSR count). The zero-order valence-electron chi connectivity index (χ0n) is 23.4. The highest BCUT2D eigenvalue weighted by Crippen LogP contribution is 2.39. The predicted molar refractivity (Wildman–Crippen MR) is 152 cm³/mol. The number of nitrogens with one attached hydrogen (secondary N) is 1. The van der Waals surface area contributed by atoms with Gasteiger partial charge < -0.3 is 20.1 Å². The molecule has 3 heterocycles. The monoisotopic (exact) mass is 536 g/mol. The van der Waals surface area contributed by atoms with Gasteiger partial charge in [-0.25, -0.2) is 19.4 Å². The van der Waals surface area contributed by atoms with E-state index in [2.05, 4.69) is 32.1 Å². The first-order valence-corrected chi connectivity index (χ1v) is 13.9. The van der Waals surface area contributed by atoms with Gasteiger partial charge in [0.15, 0.2) is 5.65 Å². The predicted octanol–water partition coefficient (Wildman–Crippen LogP) is 4.02. The Morgan fingerprint density at radius 1 is 1.10 bits per heavy atom. The highest BCUT2D eigenvalue weighted by atomic mass is 16.5. The Morgan fingerprint density at radius 3 is 2.51 bits per heavy atom. The van der Waals surface area contributed by atoms with Crippen molar-refractivity contribution in [2.24, 2.45) is 5.92 Å². The standard InChI is InChI=1S/C28H40N8O3/c1-18(2)16-39-28(37)32-22-10-5-19(15-23(22)38-4)25-24-26(29)30-17-31-27(24)36(33-25)21-8-6-20(7-9-21)35-13-11-34(3)12-14-35/h5,10,15,17-18,20-21H,6-9,11-14,16H2,1-4H3,(H,32,37)(H2,29,30,31). The minimum Gasteiger partial charge on any atom is -0.495 e. The lowest BCUT2D eigenvalue weighted by atomic mass is 9.90. The van der Waals surface area contributed by atoms with E-state index in [-0.39, 0.29) is 12.0 Å². The second-order valence-electron chi connectivity index (χ2n) is 11.1. The molecule has 39 heavy (non-hydrogen) atoms. The van der Waals surface area contributed by atoms with E-state index in [0.717, 1.165) is 68.5 Å². The Labute approximate surface area is 229 Å². The number of hydrogen-bond donors (Lipinski definition) is 2. The number of fused-ring (bicyclic) bond motifs is 1. The van der Waals surface area contributed by atoms with Gasteiger partial charge >= 0.3 is 6.09 Å². The second kappa shape index (κ2) is 11.7. The Kier molecular flexibility index (Phi) is 8.18. The molecule has 2 fully saturated rings. The Balaban J connectivity index is 1.38. The van der Waals surface area contributed by atoms with Crippen LogP contribution in [0, 0.1) is 5.92 Å². The third-order valence-electron chi connectivity index (χ3n) is 7.84. The molecule has 11 heteroatoms. The molecular formula is C28H40N8O3. The number of ether oxygens (including phenoxy) is 2. The molecule has 1 saturated carbocycles. The van der Waals surface area contributed by atoms with Gasteiger partial charge in [0.05, 0.1) is 30.8 Å². The molecule has 3 aromatic rings. The lowest BCUT2D eigenvalue weighted by Gasteiger charge is -2.41. The van der Waals surface area contributed by atoms with Crippen molar-refractivity contribution < 1.29 is 14.3 Å². The van der Waals surface area contributed by atoms with Crippen molar-refractivity contribution in [3.05, 3.63) is 24.5 Å². The number of methoxy groups -OCH3 is 1. The Hall–Kier alpha value is -3.44. The maximum atomic E-state index is 12.2. The van der Waals surface area contributed by atoms with Crippen LogP contribution in [-0.4, -0.2) is 88.6 Å². The number of carbonyl (C=O) groups excluding carboxylic acids is 1. The van der Waals surface area contributed by atoms with Crippen molar-refractivity contribution in [2.75, 3.05) is 58.0 Å². The second-order valence-corrected chi connectivity index (χ2v) is 11.1. The normalized spacial score (nSPS) is 20.8. The number of likely N-dealkylation sites (N-methyl/N-ethyl adjacent to an activating group) is 1. The number of nitrogens with two attached hydrogens (primary N) is 1. The number of aromatic nitrogens is 4. The van der Waals surface area contributed by atoms with Gasteiger partial charge in [-0.2, -0.15) is 5.10 Å². The fourth-order valence-electron chi connectivity index (χ4n) is 5.64. The number of piperazine rings is 1. The SMILES string of the molecule is COc1cc(-c2nn(C3CCC(N4CCN(C)CC4)CC3)c3ncnc(N)c23)ccc1NC(=O)OCC(C)C. The number of hydrogen-bond acceptors (Lipinski definition) is 9. The molecule has 1 aromatic carbocycles. The fourth-order valence-corrected chi connectivity index (χ4v) is 5.64. The van der Waals surface area contributed by atoms with Crippen LogP contribution >= 0.6 is 0 Å². The average Bonchev–Trinajstić information content (AvgIpc) is 3.34. The van der Waals surface area contributed by atoms with Gasteiger partial charge in [-0.05, 0) is 50.8 Å². The van der Waals surface area contributed by atoms with E-state index in [1.807, 2.05) is 30.7 Å². The number of nitrogens with zero attached hydrogens (tertiary/aromatic N) is 6. The molecule has 0 spiro atoms. The third kappa shape index (κ3) is 5.94. The van der Waals surface area contributed by atoms with Crippen LogP contribution in [0.5, 0.6) is 5.75 Å². The fraction of sp³-hybridized carbons (Fsp3) is 0.571. The van der Waals surface area contributed by atoms with Crippen LogP contribution in [0.2, 0.25) is 0 Å². The molecule has 1 aliphatic heterocycles. The molecule has 3 N–H and O–H groups in total. The largest absolute Gasteiger partial charge is 0.495 e. The van der Waals surface area contributed by atoms with Gasteiger partial charge in [0.2, 0.25) is 0 Å². The number of nitrogen functional groups attached to an aromatic ring is 1. The smallest absolute Gasteiger partial charge is 0.411 e. The first kappa shape index (κ1) is 27.1. The van der Waals surface area contributed by atoms with Crippen LogP contribution in [0.4, 0.5) is 16.3 Å². The maximum absolute atomic E-state index is 12.2. The van der Waals surface area contributed by atoms with E-state index in [0.29, 0.717) is 35.6 Å². The van der Waals surface area contributed by atoms with Crippen molar-refractivity contribution in [1.82, 2.24) is 29.5 Å². The van der Waals surface area contributed by atoms with Gasteiger partial charge in [0, 0.05) is 37.8 Å². The molecule has 2 aromatic heterocycles. The van der Waals surface area contributed by atoms with Crippen LogP contribution in [0.15, 0.2) is 24.5 Å². The summed E-state index contributed by atoms with van der Waals surface area (Å²) < 4.78 is 12.9. The van der Waals surface area contributed by atoms with Crippen molar-refractivity contribution in [1.29, 1.82) is 0 Å². The van der Waals surface area contributed by atoms with E-state index in [9.17, 15) is 4.79 Å².